The molecular weight excluding hydrogens is 210 g/mol. The summed E-state index contributed by atoms with van der Waals surface area (Å²) in [5, 5.41) is 0. The molecule has 92 valence electrons. The Hall–Kier alpha value is -1.15. The third-order valence-electron chi connectivity index (χ3n) is 3.81. The fraction of sp³-hybridized carbons (Fsp3) is 0.533. The molecular formula is C15H21NO. The summed E-state index contributed by atoms with van der Waals surface area (Å²) >= 11 is 0. The van der Waals surface area contributed by atoms with Crippen LogP contribution in [-0.2, 0) is 6.42 Å². The number of hydrogen-bond acceptors (Lipinski definition) is 2. The molecule has 17 heavy (non-hydrogen) atoms. The number of carbonyl (C=O) groups is 1. The summed E-state index contributed by atoms with van der Waals surface area (Å²) in [6.07, 6.45) is 2.81. The molecule has 0 radical (unpaired) electrons. The van der Waals surface area contributed by atoms with Crippen molar-refractivity contribution < 1.29 is 4.79 Å². The van der Waals surface area contributed by atoms with Crippen LogP contribution in [0.1, 0.15) is 42.6 Å². The second-order valence-corrected chi connectivity index (χ2v) is 4.70. The van der Waals surface area contributed by atoms with Gasteiger partial charge in [0, 0.05) is 18.0 Å². The number of hydrogen-bond donors (Lipinski definition) is 0. The van der Waals surface area contributed by atoms with E-state index in [4.69, 9.17) is 0 Å². The van der Waals surface area contributed by atoms with Crippen molar-refractivity contribution in [2.75, 3.05) is 13.1 Å². The van der Waals surface area contributed by atoms with Gasteiger partial charge < -0.3 is 4.90 Å². The standard InChI is InChI=1S/C15H21NO/c1-3-16(4-2)13-10-9-12-7-5-6-8-14(12)15(17)11-13/h5-8,13H,3-4,9-11H2,1-2H3. The van der Waals surface area contributed by atoms with E-state index in [9.17, 15) is 4.79 Å². The van der Waals surface area contributed by atoms with Gasteiger partial charge in [0.15, 0.2) is 5.78 Å². The van der Waals surface area contributed by atoms with Gasteiger partial charge >= 0.3 is 0 Å². The van der Waals surface area contributed by atoms with Crippen LogP contribution in [0, 0.1) is 0 Å². The summed E-state index contributed by atoms with van der Waals surface area (Å²) < 4.78 is 0. The van der Waals surface area contributed by atoms with Crippen LogP contribution < -0.4 is 0 Å². The summed E-state index contributed by atoms with van der Waals surface area (Å²) in [6.45, 7) is 6.41. The highest BCUT2D eigenvalue weighted by molar-refractivity contribution is 5.98. The van der Waals surface area contributed by atoms with Crippen molar-refractivity contribution >= 4 is 5.78 Å². The molecule has 1 atom stereocenters. The molecule has 2 heteroatoms. The predicted molar refractivity (Wildman–Crippen MR) is 70.4 cm³/mol. The van der Waals surface area contributed by atoms with Crippen LogP contribution in [0.25, 0.3) is 0 Å². The van der Waals surface area contributed by atoms with Crippen molar-refractivity contribution in [1.29, 1.82) is 0 Å². The zero-order valence-electron chi connectivity index (χ0n) is 10.8. The SMILES string of the molecule is CCN(CC)C1CCc2ccccc2C(=O)C1. The average Bonchev–Trinajstić information content (AvgIpc) is 2.52. The topological polar surface area (TPSA) is 20.3 Å². The lowest BCUT2D eigenvalue weighted by molar-refractivity contribution is 0.0927. The zero-order chi connectivity index (χ0) is 12.3. The Morgan fingerprint density at radius 2 is 1.94 bits per heavy atom. The number of ketones is 1. The number of Topliss-reactive ketones (excluding diaryl/α,β-unsaturated/α-hetero) is 1. The van der Waals surface area contributed by atoms with E-state index in [2.05, 4.69) is 24.8 Å². The fourth-order valence-electron chi connectivity index (χ4n) is 2.81. The minimum absolute atomic E-state index is 0.315. The second kappa shape index (κ2) is 5.46. The minimum atomic E-state index is 0.315. The van der Waals surface area contributed by atoms with Gasteiger partial charge in [0.1, 0.15) is 0 Å². The highest BCUT2D eigenvalue weighted by atomic mass is 16.1. The summed E-state index contributed by atoms with van der Waals surface area (Å²) in [5.74, 6) is 0.315. The van der Waals surface area contributed by atoms with Gasteiger partial charge in [0.2, 0.25) is 0 Å². The van der Waals surface area contributed by atoms with Crippen molar-refractivity contribution in [3.63, 3.8) is 0 Å². The lowest BCUT2D eigenvalue weighted by atomic mass is 10.0. The van der Waals surface area contributed by atoms with Crippen molar-refractivity contribution in [1.82, 2.24) is 4.90 Å². The molecule has 0 saturated carbocycles. The van der Waals surface area contributed by atoms with Crippen molar-refractivity contribution in [2.45, 2.75) is 39.2 Å². The first-order chi connectivity index (χ1) is 8.26. The number of carbonyl (C=O) groups excluding carboxylic acids is 1. The van der Waals surface area contributed by atoms with Crippen molar-refractivity contribution in [2.24, 2.45) is 0 Å². The third-order valence-corrected chi connectivity index (χ3v) is 3.81. The molecule has 1 aliphatic carbocycles. The molecule has 0 amide bonds. The first kappa shape index (κ1) is 12.3. The number of aryl methyl sites for hydroxylation is 1. The minimum Gasteiger partial charge on any atom is -0.300 e. The molecule has 0 heterocycles. The molecule has 0 aliphatic heterocycles. The Morgan fingerprint density at radius 3 is 2.65 bits per heavy atom. The lowest BCUT2D eigenvalue weighted by Crippen LogP contribution is -2.36. The molecule has 0 spiro atoms. The largest absolute Gasteiger partial charge is 0.300 e. The van der Waals surface area contributed by atoms with Gasteiger partial charge in [-0.1, -0.05) is 38.1 Å². The number of nitrogens with zero attached hydrogens (tertiary/aromatic N) is 1. The van der Waals surface area contributed by atoms with E-state index >= 15 is 0 Å². The van der Waals surface area contributed by atoms with E-state index in [1.807, 2.05) is 18.2 Å². The third kappa shape index (κ3) is 2.58. The van der Waals surface area contributed by atoms with Crippen LogP contribution >= 0.6 is 0 Å². The van der Waals surface area contributed by atoms with Gasteiger partial charge in [-0.15, -0.1) is 0 Å². The molecule has 2 nitrogen and oxygen atoms in total. The fourth-order valence-corrected chi connectivity index (χ4v) is 2.81. The van der Waals surface area contributed by atoms with E-state index < -0.39 is 0 Å². The predicted octanol–water partition coefficient (Wildman–Crippen LogP) is 2.92. The first-order valence-corrected chi connectivity index (χ1v) is 6.61. The molecule has 2 rings (SSSR count). The maximum absolute atomic E-state index is 12.2. The first-order valence-electron chi connectivity index (χ1n) is 6.61. The Morgan fingerprint density at radius 1 is 1.24 bits per heavy atom. The van der Waals surface area contributed by atoms with Gasteiger partial charge in [0.25, 0.3) is 0 Å². The van der Waals surface area contributed by atoms with Crippen molar-refractivity contribution in [3.05, 3.63) is 35.4 Å². The highest BCUT2D eigenvalue weighted by Crippen LogP contribution is 2.23. The Balaban J connectivity index is 2.20. The van der Waals surface area contributed by atoms with Crippen LogP contribution in [0.4, 0.5) is 0 Å². The average molecular weight is 231 g/mol. The summed E-state index contributed by atoms with van der Waals surface area (Å²) in [4.78, 5) is 14.6. The summed E-state index contributed by atoms with van der Waals surface area (Å²) in [5.41, 5.74) is 2.18. The Bertz CT molecular complexity index is 396. The van der Waals surface area contributed by atoms with Crippen LogP contribution in [0.15, 0.2) is 24.3 Å². The monoisotopic (exact) mass is 231 g/mol. The van der Waals surface area contributed by atoms with Gasteiger partial charge in [0.05, 0.1) is 0 Å². The highest BCUT2D eigenvalue weighted by Gasteiger charge is 2.24. The lowest BCUT2D eigenvalue weighted by Gasteiger charge is -2.27. The molecule has 1 aliphatic rings. The normalized spacial score (nSPS) is 20.2. The van der Waals surface area contributed by atoms with E-state index in [0.29, 0.717) is 18.2 Å². The van der Waals surface area contributed by atoms with Crippen LogP contribution in [-0.4, -0.2) is 29.8 Å². The number of rotatable bonds is 3. The molecule has 0 N–H and O–H groups in total. The Kier molecular flexibility index (Phi) is 3.95. The smallest absolute Gasteiger partial charge is 0.164 e. The Labute approximate surface area is 104 Å². The summed E-state index contributed by atoms with van der Waals surface area (Å²) in [7, 11) is 0. The van der Waals surface area contributed by atoms with Gasteiger partial charge in [-0.2, -0.15) is 0 Å². The van der Waals surface area contributed by atoms with E-state index in [0.717, 1.165) is 31.5 Å². The molecule has 0 saturated heterocycles. The van der Waals surface area contributed by atoms with E-state index in [1.165, 1.54) is 5.56 Å². The second-order valence-electron chi connectivity index (χ2n) is 4.70. The number of benzene rings is 1. The van der Waals surface area contributed by atoms with Crippen molar-refractivity contribution in [3.8, 4) is 0 Å². The summed E-state index contributed by atoms with van der Waals surface area (Å²) in [6, 6.07) is 8.49. The molecule has 0 fully saturated rings. The van der Waals surface area contributed by atoms with Crippen LogP contribution in [0.3, 0.4) is 0 Å². The zero-order valence-corrected chi connectivity index (χ0v) is 10.8. The quantitative estimate of drug-likeness (QED) is 0.745. The van der Waals surface area contributed by atoms with E-state index in [1.54, 1.807) is 0 Å². The van der Waals surface area contributed by atoms with Crippen LogP contribution in [0.5, 0.6) is 0 Å². The van der Waals surface area contributed by atoms with Gasteiger partial charge in [-0.05, 0) is 31.5 Å². The van der Waals surface area contributed by atoms with Gasteiger partial charge in [-0.25, -0.2) is 0 Å². The molecule has 0 aromatic heterocycles. The maximum atomic E-state index is 12.2. The van der Waals surface area contributed by atoms with Crippen LogP contribution in [0.2, 0.25) is 0 Å². The molecule has 1 unspecified atom stereocenters. The number of fused-ring (bicyclic) bond motifs is 1. The molecule has 1 aromatic rings. The molecule has 0 bridgehead atoms. The van der Waals surface area contributed by atoms with E-state index in [-0.39, 0.29) is 0 Å². The molecule has 1 aromatic carbocycles. The maximum Gasteiger partial charge on any atom is 0.164 e. The van der Waals surface area contributed by atoms with Gasteiger partial charge in [-0.3, -0.25) is 4.79 Å².